The van der Waals surface area contributed by atoms with E-state index in [0.717, 1.165) is 27.2 Å². The SMILES string of the molecule is O=C(COc1cccc2ccccc12)Nc1cccc2ccccc12. The Balaban J connectivity index is 1.50. The minimum absolute atomic E-state index is 0.0305. The fraction of sp³-hybridized carbons (Fsp3) is 0.0455. The first-order valence-corrected chi connectivity index (χ1v) is 8.19. The van der Waals surface area contributed by atoms with Crippen LogP contribution in [0.4, 0.5) is 5.69 Å². The van der Waals surface area contributed by atoms with Crippen LogP contribution < -0.4 is 10.1 Å². The van der Waals surface area contributed by atoms with Gasteiger partial charge in [-0.3, -0.25) is 4.79 Å². The first-order chi connectivity index (χ1) is 12.3. The minimum Gasteiger partial charge on any atom is -0.483 e. The number of carbonyl (C=O) groups is 1. The summed E-state index contributed by atoms with van der Waals surface area (Å²) in [6.07, 6.45) is 0. The van der Waals surface area contributed by atoms with E-state index in [9.17, 15) is 4.79 Å². The van der Waals surface area contributed by atoms with Gasteiger partial charge < -0.3 is 10.1 Å². The van der Waals surface area contributed by atoms with Gasteiger partial charge in [-0.1, -0.05) is 72.8 Å². The summed E-state index contributed by atoms with van der Waals surface area (Å²) >= 11 is 0. The van der Waals surface area contributed by atoms with Gasteiger partial charge in [-0.05, 0) is 22.9 Å². The molecule has 25 heavy (non-hydrogen) atoms. The molecule has 4 aromatic rings. The van der Waals surface area contributed by atoms with E-state index in [1.54, 1.807) is 0 Å². The van der Waals surface area contributed by atoms with Crippen molar-refractivity contribution in [2.75, 3.05) is 11.9 Å². The molecule has 0 radical (unpaired) electrons. The van der Waals surface area contributed by atoms with Crippen LogP contribution in [0.15, 0.2) is 84.9 Å². The molecule has 3 heteroatoms. The lowest BCUT2D eigenvalue weighted by molar-refractivity contribution is -0.118. The van der Waals surface area contributed by atoms with Gasteiger partial charge in [0, 0.05) is 16.5 Å². The predicted molar refractivity (Wildman–Crippen MR) is 102 cm³/mol. The zero-order chi connectivity index (χ0) is 17.1. The molecule has 0 saturated carbocycles. The maximum Gasteiger partial charge on any atom is 0.262 e. The summed E-state index contributed by atoms with van der Waals surface area (Å²) in [5.41, 5.74) is 0.796. The van der Waals surface area contributed by atoms with Crippen molar-refractivity contribution < 1.29 is 9.53 Å². The Hall–Kier alpha value is -3.33. The molecular formula is C22H17NO2. The molecular weight excluding hydrogens is 310 g/mol. The van der Waals surface area contributed by atoms with Gasteiger partial charge in [-0.25, -0.2) is 0 Å². The quantitative estimate of drug-likeness (QED) is 0.572. The number of hydrogen-bond donors (Lipinski definition) is 1. The van der Waals surface area contributed by atoms with Crippen LogP contribution in [0, 0.1) is 0 Å². The number of carbonyl (C=O) groups excluding carboxylic acids is 1. The third-order valence-electron chi connectivity index (χ3n) is 4.17. The zero-order valence-electron chi connectivity index (χ0n) is 13.6. The van der Waals surface area contributed by atoms with E-state index in [1.807, 2.05) is 84.9 Å². The van der Waals surface area contributed by atoms with E-state index < -0.39 is 0 Å². The second-order valence-electron chi connectivity index (χ2n) is 5.84. The molecule has 0 aliphatic carbocycles. The molecule has 4 aromatic carbocycles. The molecule has 0 atom stereocenters. The minimum atomic E-state index is -0.177. The number of amides is 1. The maximum atomic E-state index is 12.3. The number of rotatable bonds is 4. The largest absolute Gasteiger partial charge is 0.483 e. The van der Waals surface area contributed by atoms with Gasteiger partial charge in [0.25, 0.3) is 5.91 Å². The zero-order valence-corrected chi connectivity index (χ0v) is 13.6. The summed E-state index contributed by atoms with van der Waals surface area (Å²) in [5.74, 6) is 0.537. The molecule has 0 saturated heterocycles. The standard InChI is InChI=1S/C22H17NO2/c24-22(23-20-13-5-9-16-7-1-3-11-18(16)20)15-25-21-14-6-10-17-8-2-4-12-19(17)21/h1-14H,15H2,(H,23,24). The lowest BCUT2D eigenvalue weighted by Gasteiger charge is -2.11. The molecule has 0 aliphatic rings. The molecule has 3 nitrogen and oxygen atoms in total. The van der Waals surface area contributed by atoms with Crippen molar-refractivity contribution in [1.29, 1.82) is 0 Å². The van der Waals surface area contributed by atoms with Crippen LogP contribution >= 0.6 is 0 Å². The smallest absolute Gasteiger partial charge is 0.262 e. The van der Waals surface area contributed by atoms with Crippen LogP contribution in [0.1, 0.15) is 0 Å². The van der Waals surface area contributed by atoms with Gasteiger partial charge in [0.15, 0.2) is 6.61 Å². The average molecular weight is 327 g/mol. The fourth-order valence-electron chi connectivity index (χ4n) is 2.99. The summed E-state index contributed by atoms with van der Waals surface area (Å²) in [7, 11) is 0. The molecule has 122 valence electrons. The van der Waals surface area contributed by atoms with Crippen molar-refractivity contribution in [2.24, 2.45) is 0 Å². The highest BCUT2D eigenvalue weighted by atomic mass is 16.5. The Labute approximate surface area is 145 Å². The van der Waals surface area contributed by atoms with Gasteiger partial charge >= 0.3 is 0 Å². The van der Waals surface area contributed by atoms with Crippen LogP contribution in [0.25, 0.3) is 21.5 Å². The topological polar surface area (TPSA) is 38.3 Å². The Morgan fingerprint density at radius 1 is 0.720 bits per heavy atom. The third kappa shape index (κ3) is 3.17. The molecule has 0 heterocycles. The fourth-order valence-corrected chi connectivity index (χ4v) is 2.99. The molecule has 0 fully saturated rings. The highest BCUT2D eigenvalue weighted by molar-refractivity contribution is 6.02. The molecule has 0 bridgehead atoms. The van der Waals surface area contributed by atoms with Crippen molar-refractivity contribution in [3.05, 3.63) is 84.9 Å². The molecule has 0 aliphatic heterocycles. The number of benzene rings is 4. The highest BCUT2D eigenvalue weighted by Crippen LogP contribution is 2.26. The second-order valence-corrected chi connectivity index (χ2v) is 5.84. The summed E-state index contributed by atoms with van der Waals surface area (Å²) in [6.45, 7) is -0.0305. The first-order valence-electron chi connectivity index (χ1n) is 8.19. The highest BCUT2D eigenvalue weighted by Gasteiger charge is 2.08. The van der Waals surface area contributed by atoms with Crippen LogP contribution in [-0.2, 0) is 4.79 Å². The van der Waals surface area contributed by atoms with Crippen molar-refractivity contribution >= 4 is 33.1 Å². The van der Waals surface area contributed by atoms with Gasteiger partial charge in [0.2, 0.25) is 0 Å². The Morgan fingerprint density at radius 2 is 1.32 bits per heavy atom. The number of anilines is 1. The van der Waals surface area contributed by atoms with E-state index in [4.69, 9.17) is 4.74 Å². The second kappa shape index (κ2) is 6.65. The van der Waals surface area contributed by atoms with Gasteiger partial charge in [0.1, 0.15) is 5.75 Å². The van der Waals surface area contributed by atoms with E-state index in [-0.39, 0.29) is 12.5 Å². The first kappa shape index (κ1) is 15.2. The van der Waals surface area contributed by atoms with Crippen LogP contribution in [0.5, 0.6) is 5.75 Å². The van der Waals surface area contributed by atoms with Crippen molar-refractivity contribution in [2.45, 2.75) is 0 Å². The van der Waals surface area contributed by atoms with Crippen molar-refractivity contribution in [1.82, 2.24) is 0 Å². The van der Waals surface area contributed by atoms with Gasteiger partial charge in [-0.15, -0.1) is 0 Å². The molecule has 4 rings (SSSR count). The predicted octanol–water partition coefficient (Wildman–Crippen LogP) is 5.01. The van der Waals surface area contributed by atoms with Crippen LogP contribution in [-0.4, -0.2) is 12.5 Å². The average Bonchev–Trinajstić information content (AvgIpc) is 2.66. The summed E-state index contributed by atoms with van der Waals surface area (Å²) in [4.78, 5) is 12.3. The normalized spacial score (nSPS) is 10.7. The third-order valence-corrected chi connectivity index (χ3v) is 4.17. The van der Waals surface area contributed by atoms with Crippen LogP contribution in [0.3, 0.4) is 0 Å². The van der Waals surface area contributed by atoms with E-state index >= 15 is 0 Å². The number of nitrogens with one attached hydrogen (secondary N) is 1. The summed E-state index contributed by atoms with van der Waals surface area (Å²) in [5, 5.41) is 7.14. The molecule has 0 spiro atoms. The monoisotopic (exact) mass is 327 g/mol. The molecule has 0 unspecified atom stereocenters. The van der Waals surface area contributed by atoms with E-state index in [2.05, 4.69) is 5.32 Å². The number of hydrogen-bond acceptors (Lipinski definition) is 2. The Morgan fingerprint density at radius 3 is 2.12 bits per heavy atom. The summed E-state index contributed by atoms with van der Waals surface area (Å²) in [6, 6.07) is 27.6. The maximum absolute atomic E-state index is 12.3. The van der Waals surface area contributed by atoms with E-state index in [1.165, 1.54) is 0 Å². The lowest BCUT2D eigenvalue weighted by Crippen LogP contribution is -2.20. The van der Waals surface area contributed by atoms with Crippen molar-refractivity contribution in [3.8, 4) is 5.75 Å². The van der Waals surface area contributed by atoms with Gasteiger partial charge in [-0.2, -0.15) is 0 Å². The Bertz CT molecular complexity index is 1050. The van der Waals surface area contributed by atoms with Gasteiger partial charge in [0.05, 0.1) is 0 Å². The summed E-state index contributed by atoms with van der Waals surface area (Å²) < 4.78 is 5.75. The Kier molecular flexibility index (Phi) is 4.05. The van der Waals surface area contributed by atoms with Crippen LogP contribution in [0.2, 0.25) is 0 Å². The number of fused-ring (bicyclic) bond motifs is 2. The molecule has 1 amide bonds. The van der Waals surface area contributed by atoms with Crippen molar-refractivity contribution in [3.63, 3.8) is 0 Å². The van der Waals surface area contributed by atoms with E-state index in [0.29, 0.717) is 5.75 Å². The molecule has 1 N–H and O–H groups in total. The molecule has 0 aromatic heterocycles. The number of ether oxygens (including phenoxy) is 1. The lowest BCUT2D eigenvalue weighted by atomic mass is 10.1.